The van der Waals surface area contributed by atoms with Crippen LogP contribution >= 0.6 is 0 Å². The van der Waals surface area contributed by atoms with Crippen molar-refractivity contribution in [3.05, 3.63) is 54.1 Å². The second-order valence-electron chi connectivity index (χ2n) is 10.8. The second kappa shape index (κ2) is 22.2. The molecule has 2 aromatic carbocycles. The molecule has 0 aliphatic heterocycles. The Morgan fingerprint density at radius 2 is 1.02 bits per heavy atom. The molecule has 2 rings (SSSR count). The lowest BCUT2D eigenvalue weighted by atomic mass is 10.1. The molecule has 2 aromatic rings. The molecule has 40 heavy (non-hydrogen) atoms. The standard InChI is InChI=1S/C35H54O5/c1-4-6-8-9-10-11-12-13-14-16-28-38-32-21-19-31(20-22-32)35(36)40-34-25-23-33(24-26-34)39-29-17-18-30(3)37-27-15-7-5-2/h19-26,30H,4-18,27-29H2,1-3H3. The van der Waals surface area contributed by atoms with Gasteiger partial charge in [-0.1, -0.05) is 84.5 Å². The normalized spacial score (nSPS) is 11.8. The van der Waals surface area contributed by atoms with Crippen LogP contribution in [0.25, 0.3) is 0 Å². The van der Waals surface area contributed by atoms with Gasteiger partial charge in [0, 0.05) is 6.61 Å². The minimum atomic E-state index is -0.386. The monoisotopic (exact) mass is 554 g/mol. The van der Waals surface area contributed by atoms with E-state index in [9.17, 15) is 4.79 Å². The van der Waals surface area contributed by atoms with Crippen molar-refractivity contribution < 1.29 is 23.7 Å². The third kappa shape index (κ3) is 15.9. The maximum atomic E-state index is 12.5. The van der Waals surface area contributed by atoms with Crippen molar-refractivity contribution in [2.24, 2.45) is 0 Å². The molecule has 0 bridgehead atoms. The first-order valence-electron chi connectivity index (χ1n) is 15.9. The molecule has 5 heteroatoms. The molecule has 0 spiro atoms. The van der Waals surface area contributed by atoms with Crippen LogP contribution < -0.4 is 14.2 Å². The van der Waals surface area contributed by atoms with Crippen LogP contribution in [-0.4, -0.2) is 31.9 Å². The summed E-state index contributed by atoms with van der Waals surface area (Å²) in [7, 11) is 0. The lowest BCUT2D eigenvalue weighted by molar-refractivity contribution is 0.0537. The fourth-order valence-corrected chi connectivity index (χ4v) is 4.52. The largest absolute Gasteiger partial charge is 0.494 e. The van der Waals surface area contributed by atoms with E-state index in [1.807, 2.05) is 24.3 Å². The Bertz CT molecular complexity index is 878. The molecule has 0 radical (unpaired) electrons. The molecule has 1 atom stereocenters. The van der Waals surface area contributed by atoms with Gasteiger partial charge in [-0.25, -0.2) is 4.79 Å². The topological polar surface area (TPSA) is 54.0 Å². The number of hydrogen-bond acceptors (Lipinski definition) is 5. The number of hydrogen-bond donors (Lipinski definition) is 0. The lowest BCUT2D eigenvalue weighted by Gasteiger charge is -2.13. The molecule has 0 amide bonds. The highest BCUT2D eigenvalue weighted by Gasteiger charge is 2.09. The van der Waals surface area contributed by atoms with Crippen molar-refractivity contribution in [3.63, 3.8) is 0 Å². The first-order chi connectivity index (χ1) is 19.6. The lowest BCUT2D eigenvalue weighted by Crippen LogP contribution is -2.11. The number of unbranched alkanes of at least 4 members (excludes halogenated alkanes) is 11. The smallest absolute Gasteiger partial charge is 0.343 e. The van der Waals surface area contributed by atoms with Crippen LogP contribution in [0.3, 0.4) is 0 Å². The fourth-order valence-electron chi connectivity index (χ4n) is 4.52. The average molecular weight is 555 g/mol. The number of ether oxygens (including phenoxy) is 4. The van der Waals surface area contributed by atoms with E-state index in [2.05, 4.69) is 20.8 Å². The van der Waals surface area contributed by atoms with Crippen molar-refractivity contribution in [2.75, 3.05) is 19.8 Å². The van der Waals surface area contributed by atoms with E-state index < -0.39 is 0 Å². The Kier molecular flexibility index (Phi) is 18.7. The second-order valence-corrected chi connectivity index (χ2v) is 10.8. The summed E-state index contributed by atoms with van der Waals surface area (Å²) in [5.74, 6) is 1.65. The van der Waals surface area contributed by atoms with Crippen LogP contribution in [0.5, 0.6) is 17.2 Å². The molecule has 0 N–H and O–H groups in total. The van der Waals surface area contributed by atoms with Gasteiger partial charge in [-0.2, -0.15) is 0 Å². The van der Waals surface area contributed by atoms with Gasteiger partial charge in [-0.15, -0.1) is 0 Å². The molecule has 5 nitrogen and oxygen atoms in total. The van der Waals surface area contributed by atoms with E-state index in [-0.39, 0.29) is 12.1 Å². The molecule has 0 aromatic heterocycles. The number of carbonyl (C=O) groups is 1. The molecule has 0 fully saturated rings. The van der Waals surface area contributed by atoms with Crippen LogP contribution in [0.15, 0.2) is 48.5 Å². The summed E-state index contributed by atoms with van der Waals surface area (Å²) in [5.41, 5.74) is 0.498. The van der Waals surface area contributed by atoms with Gasteiger partial charge in [0.2, 0.25) is 0 Å². The van der Waals surface area contributed by atoms with Gasteiger partial charge in [-0.05, 0) is 81.1 Å². The minimum absolute atomic E-state index is 0.257. The number of benzene rings is 2. The van der Waals surface area contributed by atoms with E-state index >= 15 is 0 Å². The third-order valence-electron chi connectivity index (χ3n) is 7.06. The van der Waals surface area contributed by atoms with Crippen LogP contribution in [0, 0.1) is 0 Å². The van der Waals surface area contributed by atoms with E-state index in [0.29, 0.717) is 24.5 Å². The van der Waals surface area contributed by atoms with Gasteiger partial charge in [0.15, 0.2) is 0 Å². The Morgan fingerprint density at radius 1 is 0.575 bits per heavy atom. The Balaban J connectivity index is 1.57. The van der Waals surface area contributed by atoms with Crippen molar-refractivity contribution in [3.8, 4) is 17.2 Å². The molecule has 0 saturated carbocycles. The van der Waals surface area contributed by atoms with Gasteiger partial charge in [-0.3, -0.25) is 0 Å². The summed E-state index contributed by atoms with van der Waals surface area (Å²) in [5, 5.41) is 0. The van der Waals surface area contributed by atoms with Crippen LogP contribution in [0.1, 0.15) is 127 Å². The average Bonchev–Trinajstić information content (AvgIpc) is 2.97. The predicted molar refractivity (Wildman–Crippen MR) is 165 cm³/mol. The van der Waals surface area contributed by atoms with E-state index in [0.717, 1.165) is 43.8 Å². The zero-order chi connectivity index (χ0) is 28.7. The van der Waals surface area contributed by atoms with Crippen molar-refractivity contribution >= 4 is 5.97 Å². The summed E-state index contributed by atoms with van der Waals surface area (Å²) in [4.78, 5) is 12.5. The Hall–Kier alpha value is -2.53. The van der Waals surface area contributed by atoms with E-state index in [4.69, 9.17) is 18.9 Å². The first-order valence-corrected chi connectivity index (χ1v) is 15.9. The molecule has 224 valence electrons. The highest BCUT2D eigenvalue weighted by atomic mass is 16.5. The molecule has 0 saturated heterocycles. The van der Waals surface area contributed by atoms with Gasteiger partial charge in [0.05, 0.1) is 24.9 Å². The van der Waals surface area contributed by atoms with E-state index in [1.165, 1.54) is 70.6 Å². The quantitative estimate of drug-likeness (QED) is 0.0734. The minimum Gasteiger partial charge on any atom is -0.494 e. The molecule has 1 unspecified atom stereocenters. The van der Waals surface area contributed by atoms with Crippen molar-refractivity contribution in [1.29, 1.82) is 0 Å². The van der Waals surface area contributed by atoms with Crippen molar-refractivity contribution in [1.82, 2.24) is 0 Å². The van der Waals surface area contributed by atoms with Crippen molar-refractivity contribution in [2.45, 2.75) is 123 Å². The number of rotatable bonds is 24. The summed E-state index contributed by atoms with van der Waals surface area (Å²) in [6.45, 7) is 8.77. The summed E-state index contributed by atoms with van der Waals surface area (Å²) in [6.07, 6.45) is 18.8. The molecular weight excluding hydrogens is 500 g/mol. The highest BCUT2D eigenvalue weighted by molar-refractivity contribution is 5.91. The summed E-state index contributed by atoms with van der Waals surface area (Å²) >= 11 is 0. The predicted octanol–water partition coefficient (Wildman–Crippen LogP) is 9.96. The third-order valence-corrected chi connectivity index (χ3v) is 7.06. The molecule has 0 aliphatic rings. The highest BCUT2D eigenvalue weighted by Crippen LogP contribution is 2.20. The first kappa shape index (κ1) is 33.7. The van der Waals surface area contributed by atoms with Gasteiger partial charge >= 0.3 is 5.97 Å². The Labute approximate surface area is 243 Å². The maximum absolute atomic E-state index is 12.5. The fraction of sp³-hybridized carbons (Fsp3) is 0.629. The van der Waals surface area contributed by atoms with E-state index in [1.54, 1.807) is 24.3 Å². The molecule has 0 aliphatic carbocycles. The van der Waals surface area contributed by atoms with Crippen LogP contribution in [-0.2, 0) is 4.74 Å². The zero-order valence-corrected chi connectivity index (χ0v) is 25.5. The Morgan fingerprint density at radius 3 is 1.62 bits per heavy atom. The maximum Gasteiger partial charge on any atom is 0.343 e. The van der Waals surface area contributed by atoms with Crippen LogP contribution in [0.2, 0.25) is 0 Å². The number of carbonyl (C=O) groups excluding carboxylic acids is 1. The summed E-state index contributed by atoms with van der Waals surface area (Å²) < 4.78 is 23.0. The number of esters is 1. The molecule has 0 heterocycles. The van der Waals surface area contributed by atoms with Gasteiger partial charge < -0.3 is 18.9 Å². The molecular formula is C35H54O5. The zero-order valence-electron chi connectivity index (χ0n) is 25.5. The summed E-state index contributed by atoms with van der Waals surface area (Å²) in [6, 6.07) is 14.4. The SMILES string of the molecule is CCCCCCCCCCCCOc1ccc(C(=O)Oc2ccc(OCCCC(C)OCCCCC)cc2)cc1. The van der Waals surface area contributed by atoms with Gasteiger partial charge in [0.25, 0.3) is 0 Å². The van der Waals surface area contributed by atoms with Gasteiger partial charge in [0.1, 0.15) is 17.2 Å². The van der Waals surface area contributed by atoms with Crippen LogP contribution in [0.4, 0.5) is 0 Å².